The van der Waals surface area contributed by atoms with E-state index in [4.69, 9.17) is 4.55 Å². The van der Waals surface area contributed by atoms with Crippen molar-refractivity contribution in [1.82, 2.24) is 10.6 Å². The van der Waals surface area contributed by atoms with Crippen molar-refractivity contribution in [3.63, 3.8) is 0 Å². The van der Waals surface area contributed by atoms with Crippen molar-refractivity contribution in [2.24, 2.45) is 0 Å². The van der Waals surface area contributed by atoms with E-state index in [1.165, 1.54) is 0 Å². The fourth-order valence-electron chi connectivity index (χ4n) is 1.04. The Hall–Kier alpha value is 0.790. The predicted octanol–water partition coefficient (Wildman–Crippen LogP) is -1.93. The van der Waals surface area contributed by atoms with Crippen molar-refractivity contribution in [2.45, 2.75) is 12.6 Å². The molecule has 0 unspecified atom stereocenters. The standard InChI is InChI=1S/C5H12N2O4S.Na.H/c8-12(9,10)11-4-1-5-6-2-3-7-5;;/h5-7H,1-4H2,(H,8,9,10);;. The molecule has 1 rings (SSSR count). The molecule has 0 radical (unpaired) electrons. The number of hydrogen-bond donors (Lipinski definition) is 3. The molecule has 1 aliphatic rings. The zero-order chi connectivity index (χ0) is 9.03. The van der Waals surface area contributed by atoms with Crippen LogP contribution in [0.3, 0.4) is 0 Å². The fourth-order valence-corrected chi connectivity index (χ4v) is 1.35. The van der Waals surface area contributed by atoms with Crippen LogP contribution in [0.4, 0.5) is 0 Å². The normalized spacial score (nSPS) is 18.5. The molecule has 3 N–H and O–H groups in total. The molecule has 0 amide bonds. The van der Waals surface area contributed by atoms with Crippen molar-refractivity contribution in [3.8, 4) is 0 Å². The maximum absolute atomic E-state index is 10.1. The van der Waals surface area contributed by atoms with Gasteiger partial charge < -0.3 is 10.6 Å². The van der Waals surface area contributed by atoms with Gasteiger partial charge in [0, 0.05) is 19.5 Å². The van der Waals surface area contributed by atoms with E-state index in [0.717, 1.165) is 13.1 Å². The molecule has 0 saturated carbocycles. The van der Waals surface area contributed by atoms with Crippen molar-refractivity contribution in [2.75, 3.05) is 19.7 Å². The Kier molecular flexibility index (Phi) is 6.69. The van der Waals surface area contributed by atoms with Crippen LogP contribution in [0.1, 0.15) is 6.42 Å². The first-order valence-electron chi connectivity index (χ1n) is 3.66. The number of nitrogens with one attached hydrogen (secondary N) is 2. The number of rotatable bonds is 4. The molecule has 0 aromatic rings. The molecule has 74 valence electrons. The summed E-state index contributed by atoms with van der Waals surface area (Å²) in [5.74, 6) is 0. The molecule has 0 atom stereocenters. The van der Waals surface area contributed by atoms with Crippen molar-refractivity contribution < 1.29 is 17.2 Å². The van der Waals surface area contributed by atoms with Gasteiger partial charge in [0.05, 0.1) is 12.8 Å². The second-order valence-corrected chi connectivity index (χ2v) is 3.59. The van der Waals surface area contributed by atoms with E-state index in [-0.39, 0.29) is 42.3 Å². The zero-order valence-corrected chi connectivity index (χ0v) is 7.30. The van der Waals surface area contributed by atoms with Gasteiger partial charge in [-0.25, -0.2) is 4.18 Å². The van der Waals surface area contributed by atoms with Crippen molar-refractivity contribution in [1.29, 1.82) is 0 Å². The quantitative estimate of drug-likeness (QED) is 0.377. The first-order valence-corrected chi connectivity index (χ1v) is 5.03. The molecule has 1 heterocycles. The summed E-state index contributed by atoms with van der Waals surface area (Å²) in [6.07, 6.45) is 0.603. The monoisotopic (exact) mass is 220 g/mol. The molecule has 8 heteroatoms. The molecular formula is C5H13N2NaO4S. The summed E-state index contributed by atoms with van der Waals surface area (Å²) in [5.41, 5.74) is 0. The molecule has 0 bridgehead atoms. The summed E-state index contributed by atoms with van der Waals surface area (Å²) in [7, 11) is -4.27. The molecule has 13 heavy (non-hydrogen) atoms. The predicted molar refractivity (Wildman–Crippen MR) is 49.1 cm³/mol. The minimum absolute atomic E-state index is 0. The summed E-state index contributed by atoms with van der Waals surface area (Å²) in [6.45, 7) is 1.73. The maximum atomic E-state index is 10.1. The third-order valence-corrected chi connectivity index (χ3v) is 2.01. The van der Waals surface area contributed by atoms with Gasteiger partial charge in [-0.1, -0.05) is 0 Å². The van der Waals surface area contributed by atoms with Gasteiger partial charge in [0.15, 0.2) is 0 Å². The Balaban J connectivity index is 0.00000144. The summed E-state index contributed by atoms with van der Waals surface area (Å²) in [4.78, 5) is 0. The Morgan fingerprint density at radius 2 is 1.92 bits per heavy atom. The SMILES string of the molecule is O=S(=O)(O)OCCC1NCCN1.[NaH]. The van der Waals surface area contributed by atoms with Gasteiger partial charge in [-0.15, -0.1) is 0 Å². The van der Waals surface area contributed by atoms with Gasteiger partial charge in [-0.3, -0.25) is 4.55 Å². The van der Waals surface area contributed by atoms with Crippen LogP contribution >= 0.6 is 0 Å². The van der Waals surface area contributed by atoms with Crippen LogP contribution < -0.4 is 10.6 Å². The fraction of sp³-hybridized carbons (Fsp3) is 1.00. The summed E-state index contributed by atoms with van der Waals surface area (Å²) >= 11 is 0. The van der Waals surface area contributed by atoms with E-state index in [0.29, 0.717) is 6.42 Å². The van der Waals surface area contributed by atoms with E-state index in [2.05, 4.69) is 14.8 Å². The summed E-state index contributed by atoms with van der Waals surface area (Å²) in [5, 5.41) is 6.15. The first-order chi connectivity index (χ1) is 5.58. The van der Waals surface area contributed by atoms with Gasteiger partial charge in [-0.05, 0) is 0 Å². The summed E-state index contributed by atoms with van der Waals surface area (Å²) < 4.78 is 32.5. The van der Waals surface area contributed by atoms with Gasteiger partial charge in [0.2, 0.25) is 0 Å². The molecular weight excluding hydrogens is 207 g/mol. The van der Waals surface area contributed by atoms with Gasteiger partial charge in [-0.2, -0.15) is 8.42 Å². The first kappa shape index (κ1) is 13.8. The van der Waals surface area contributed by atoms with E-state index in [1.807, 2.05) is 0 Å². The molecule has 0 aromatic heterocycles. The van der Waals surface area contributed by atoms with Crippen LogP contribution in [-0.2, 0) is 14.6 Å². The molecule has 6 nitrogen and oxygen atoms in total. The molecule has 0 spiro atoms. The van der Waals surface area contributed by atoms with Gasteiger partial charge in [0.25, 0.3) is 0 Å². The van der Waals surface area contributed by atoms with E-state index >= 15 is 0 Å². The molecule has 1 fully saturated rings. The minimum atomic E-state index is -4.27. The molecule has 1 saturated heterocycles. The third kappa shape index (κ3) is 6.81. The van der Waals surface area contributed by atoms with Gasteiger partial charge in [0.1, 0.15) is 0 Å². The second-order valence-electron chi connectivity index (χ2n) is 2.50. The number of hydrogen-bond acceptors (Lipinski definition) is 5. The topological polar surface area (TPSA) is 87.7 Å². The van der Waals surface area contributed by atoms with Crippen molar-refractivity contribution in [3.05, 3.63) is 0 Å². The molecule has 0 aliphatic carbocycles. The van der Waals surface area contributed by atoms with Crippen LogP contribution in [-0.4, -0.2) is 68.4 Å². The van der Waals surface area contributed by atoms with Crippen LogP contribution in [0.15, 0.2) is 0 Å². The van der Waals surface area contributed by atoms with Crippen molar-refractivity contribution >= 4 is 40.0 Å². The average Bonchev–Trinajstić information content (AvgIpc) is 2.36. The third-order valence-electron chi connectivity index (χ3n) is 1.55. The van der Waals surface area contributed by atoms with Crippen LogP contribution in [0.25, 0.3) is 0 Å². The Bertz CT molecular complexity index is 227. The molecule has 0 aromatic carbocycles. The average molecular weight is 220 g/mol. The zero-order valence-electron chi connectivity index (χ0n) is 6.49. The Labute approximate surface area is 99.7 Å². The van der Waals surface area contributed by atoms with Crippen LogP contribution in [0.5, 0.6) is 0 Å². The Morgan fingerprint density at radius 1 is 1.38 bits per heavy atom. The Morgan fingerprint density at radius 3 is 2.38 bits per heavy atom. The van der Waals surface area contributed by atoms with Crippen LogP contribution in [0, 0.1) is 0 Å². The second kappa shape index (κ2) is 6.31. The molecule has 1 aliphatic heterocycles. The van der Waals surface area contributed by atoms with E-state index in [9.17, 15) is 8.42 Å². The van der Waals surface area contributed by atoms with E-state index < -0.39 is 10.4 Å². The van der Waals surface area contributed by atoms with E-state index in [1.54, 1.807) is 0 Å². The van der Waals surface area contributed by atoms with Crippen LogP contribution in [0.2, 0.25) is 0 Å². The van der Waals surface area contributed by atoms with Gasteiger partial charge >= 0.3 is 40.0 Å². The summed E-state index contributed by atoms with van der Waals surface area (Å²) in [6, 6.07) is 0.